The van der Waals surface area contributed by atoms with E-state index in [4.69, 9.17) is 28.9 Å². The van der Waals surface area contributed by atoms with Crippen molar-refractivity contribution in [2.24, 2.45) is 0 Å². The maximum absolute atomic E-state index is 15.1. The van der Waals surface area contributed by atoms with Gasteiger partial charge in [-0.05, 0) is 32.0 Å². The quantitative estimate of drug-likeness (QED) is 0.771. The second-order valence-corrected chi connectivity index (χ2v) is 5.97. The number of rotatable bonds is 5. The third-order valence-electron chi connectivity index (χ3n) is 3.79. The smallest absolute Gasteiger partial charge is 0.358 e. The summed E-state index contributed by atoms with van der Waals surface area (Å²) in [5.74, 6) is -1.29. The Kier molecular flexibility index (Phi) is 6.08. The van der Waals surface area contributed by atoms with Crippen molar-refractivity contribution >= 4 is 40.5 Å². The van der Waals surface area contributed by atoms with Crippen LogP contribution in [0.15, 0.2) is 18.2 Å². The van der Waals surface area contributed by atoms with Gasteiger partial charge in [0.1, 0.15) is 0 Å². The largest absolute Gasteiger partial charge is 0.464 e. The van der Waals surface area contributed by atoms with Gasteiger partial charge in [-0.1, -0.05) is 23.2 Å². The number of pyridine rings is 1. The number of anilines is 2. The molecule has 2 N–H and O–H groups in total. The van der Waals surface area contributed by atoms with Crippen LogP contribution in [0.25, 0.3) is 11.3 Å². The van der Waals surface area contributed by atoms with Crippen molar-refractivity contribution in [2.75, 3.05) is 30.8 Å². The van der Waals surface area contributed by atoms with E-state index < -0.39 is 11.8 Å². The van der Waals surface area contributed by atoms with Crippen LogP contribution in [0.2, 0.25) is 10.0 Å². The Bertz CT molecular complexity index is 811. The van der Waals surface area contributed by atoms with E-state index in [1.54, 1.807) is 11.0 Å². The van der Waals surface area contributed by atoms with E-state index in [0.29, 0.717) is 18.1 Å². The number of ether oxygens (including phenoxy) is 1. The fraction of sp³-hybridized carbons (Fsp3) is 0.294. The molecule has 0 atom stereocenters. The second kappa shape index (κ2) is 7.89. The van der Waals surface area contributed by atoms with Gasteiger partial charge >= 0.3 is 5.97 Å². The van der Waals surface area contributed by atoms with Gasteiger partial charge < -0.3 is 15.4 Å². The molecule has 1 aromatic carbocycles. The van der Waals surface area contributed by atoms with Crippen molar-refractivity contribution in [3.63, 3.8) is 0 Å². The molecule has 0 unspecified atom stereocenters. The molecule has 0 aliphatic heterocycles. The molecule has 1 aromatic heterocycles. The summed E-state index contributed by atoms with van der Waals surface area (Å²) in [5.41, 5.74) is 6.39. The number of nitrogen functional groups attached to an aromatic ring is 1. The molecular weight excluding hydrogens is 368 g/mol. The summed E-state index contributed by atoms with van der Waals surface area (Å²) in [6.45, 7) is 4.97. The lowest BCUT2D eigenvalue weighted by atomic mass is 10.1. The molecular formula is C17H18Cl2FN3O2. The molecule has 2 aromatic rings. The molecule has 0 saturated heterocycles. The van der Waals surface area contributed by atoms with Crippen molar-refractivity contribution < 1.29 is 13.9 Å². The first-order chi connectivity index (χ1) is 11.8. The Morgan fingerprint density at radius 3 is 2.52 bits per heavy atom. The van der Waals surface area contributed by atoms with Crippen LogP contribution in [0.3, 0.4) is 0 Å². The summed E-state index contributed by atoms with van der Waals surface area (Å²) in [4.78, 5) is 17.8. The molecule has 0 aliphatic rings. The Morgan fingerprint density at radius 1 is 1.32 bits per heavy atom. The number of benzene rings is 1. The van der Waals surface area contributed by atoms with Crippen molar-refractivity contribution in [2.45, 2.75) is 13.8 Å². The molecule has 25 heavy (non-hydrogen) atoms. The van der Waals surface area contributed by atoms with Crippen LogP contribution in [0.1, 0.15) is 24.3 Å². The van der Waals surface area contributed by atoms with Crippen LogP contribution in [-0.2, 0) is 4.74 Å². The lowest BCUT2D eigenvalue weighted by Crippen LogP contribution is -2.23. The summed E-state index contributed by atoms with van der Waals surface area (Å²) < 4.78 is 19.8. The van der Waals surface area contributed by atoms with Gasteiger partial charge in [0, 0.05) is 18.7 Å². The summed E-state index contributed by atoms with van der Waals surface area (Å²) >= 11 is 12.2. The molecule has 0 fully saturated rings. The zero-order chi connectivity index (χ0) is 18.7. The van der Waals surface area contributed by atoms with Crippen molar-refractivity contribution in [1.82, 2.24) is 4.98 Å². The topological polar surface area (TPSA) is 68.5 Å². The highest BCUT2D eigenvalue weighted by atomic mass is 35.5. The fourth-order valence-electron chi connectivity index (χ4n) is 2.49. The van der Waals surface area contributed by atoms with Crippen LogP contribution in [0, 0.1) is 5.82 Å². The van der Waals surface area contributed by atoms with Crippen molar-refractivity contribution in [1.29, 1.82) is 0 Å². The molecule has 2 rings (SSSR count). The maximum atomic E-state index is 15.1. The van der Waals surface area contributed by atoms with Gasteiger partial charge in [-0.25, -0.2) is 14.2 Å². The number of nitrogens with zero attached hydrogens (tertiary/aromatic N) is 2. The van der Waals surface area contributed by atoms with Crippen LogP contribution < -0.4 is 10.6 Å². The first kappa shape index (κ1) is 19.3. The molecule has 1 heterocycles. The summed E-state index contributed by atoms with van der Waals surface area (Å²) in [5, 5.41) is 0.258. The van der Waals surface area contributed by atoms with E-state index in [1.165, 1.54) is 19.2 Å². The third kappa shape index (κ3) is 3.65. The Balaban J connectivity index is 2.69. The molecule has 0 amide bonds. The van der Waals surface area contributed by atoms with E-state index in [1.807, 2.05) is 13.8 Å². The molecule has 0 radical (unpaired) electrons. The zero-order valence-electron chi connectivity index (χ0n) is 14.1. The number of hydrogen-bond acceptors (Lipinski definition) is 5. The lowest BCUT2D eigenvalue weighted by molar-refractivity contribution is 0.0594. The highest BCUT2D eigenvalue weighted by Gasteiger charge is 2.22. The third-order valence-corrected chi connectivity index (χ3v) is 4.49. The van der Waals surface area contributed by atoms with Gasteiger partial charge in [-0.3, -0.25) is 0 Å². The van der Waals surface area contributed by atoms with Gasteiger partial charge in [0.05, 0.1) is 34.2 Å². The Hall–Kier alpha value is -2.05. The lowest BCUT2D eigenvalue weighted by Gasteiger charge is -2.24. The summed E-state index contributed by atoms with van der Waals surface area (Å²) in [6.07, 6.45) is 0. The number of nitrogens with two attached hydrogens (primary N) is 1. The van der Waals surface area contributed by atoms with Crippen LogP contribution in [0.4, 0.5) is 15.8 Å². The van der Waals surface area contributed by atoms with Crippen molar-refractivity contribution in [3.8, 4) is 11.3 Å². The number of aromatic nitrogens is 1. The standard InChI is InChI=1S/C17H18Cl2FN3O2/c1-4-23(5-2)16-10(18)7-6-9(14(16)20)12-8-11(21)13(19)15(22-12)17(24)25-3/h6-8H,4-5H2,1-3H3,(H2,21,22). The molecule has 0 bridgehead atoms. The predicted octanol–water partition coefficient (Wildman–Crippen LogP) is 4.41. The summed E-state index contributed by atoms with van der Waals surface area (Å²) in [6, 6.07) is 4.48. The van der Waals surface area contributed by atoms with E-state index in [2.05, 4.69) is 9.72 Å². The Labute approximate surface area is 155 Å². The Morgan fingerprint density at radius 2 is 1.96 bits per heavy atom. The summed E-state index contributed by atoms with van der Waals surface area (Å²) in [7, 11) is 1.20. The fourth-order valence-corrected chi connectivity index (χ4v) is 2.93. The number of carbonyl (C=O) groups is 1. The average Bonchev–Trinajstić information content (AvgIpc) is 2.60. The number of hydrogen-bond donors (Lipinski definition) is 1. The number of esters is 1. The zero-order valence-corrected chi connectivity index (χ0v) is 15.6. The first-order valence-electron chi connectivity index (χ1n) is 7.63. The van der Waals surface area contributed by atoms with Crippen LogP contribution >= 0.6 is 23.2 Å². The molecule has 0 aliphatic carbocycles. The highest BCUT2D eigenvalue weighted by Crippen LogP contribution is 2.37. The minimum Gasteiger partial charge on any atom is -0.464 e. The van der Waals surface area contributed by atoms with Gasteiger partial charge in [-0.2, -0.15) is 0 Å². The number of methoxy groups -OCH3 is 1. The van der Waals surface area contributed by atoms with E-state index in [9.17, 15) is 4.79 Å². The molecule has 0 saturated carbocycles. The molecule has 8 heteroatoms. The van der Waals surface area contributed by atoms with Gasteiger partial charge in [0.25, 0.3) is 0 Å². The predicted molar refractivity (Wildman–Crippen MR) is 99.0 cm³/mol. The van der Waals surface area contributed by atoms with Gasteiger partial charge in [-0.15, -0.1) is 0 Å². The van der Waals surface area contributed by atoms with E-state index >= 15 is 4.39 Å². The van der Waals surface area contributed by atoms with Crippen LogP contribution in [-0.4, -0.2) is 31.2 Å². The SMILES string of the molecule is CCN(CC)c1c(Cl)ccc(-c2cc(N)c(Cl)c(C(=O)OC)n2)c1F. The van der Waals surface area contributed by atoms with Gasteiger partial charge in [0.15, 0.2) is 11.5 Å². The monoisotopic (exact) mass is 385 g/mol. The molecule has 0 spiro atoms. The first-order valence-corrected chi connectivity index (χ1v) is 8.38. The number of halogens is 3. The van der Waals surface area contributed by atoms with Crippen molar-refractivity contribution in [3.05, 3.63) is 39.8 Å². The second-order valence-electron chi connectivity index (χ2n) is 5.18. The molecule has 134 valence electrons. The minimum absolute atomic E-state index is 0.0334. The van der Waals surface area contributed by atoms with E-state index in [-0.39, 0.29) is 33.3 Å². The highest BCUT2D eigenvalue weighted by molar-refractivity contribution is 6.36. The molecule has 5 nitrogen and oxygen atoms in total. The minimum atomic E-state index is -0.753. The maximum Gasteiger partial charge on any atom is 0.358 e. The van der Waals surface area contributed by atoms with Gasteiger partial charge in [0.2, 0.25) is 0 Å². The number of carbonyl (C=O) groups excluding carboxylic acids is 1. The van der Waals surface area contributed by atoms with Crippen LogP contribution in [0.5, 0.6) is 0 Å². The van der Waals surface area contributed by atoms with E-state index in [0.717, 1.165) is 0 Å². The average molecular weight is 386 g/mol. The normalized spacial score (nSPS) is 10.6.